The number of ether oxygens (including phenoxy) is 1. The number of anilines is 1. The first kappa shape index (κ1) is 16.2. The quantitative estimate of drug-likeness (QED) is 0.862. The maximum Gasteiger partial charge on any atom is 0.573 e. The summed E-state index contributed by atoms with van der Waals surface area (Å²) in [5.41, 5.74) is 0.393. The normalized spacial score (nSPS) is 12.0. The van der Waals surface area contributed by atoms with Crippen molar-refractivity contribution in [1.82, 2.24) is 0 Å². The fourth-order valence-electron chi connectivity index (χ4n) is 1.77. The molecule has 2 aromatic rings. The van der Waals surface area contributed by atoms with E-state index in [0.29, 0.717) is 5.69 Å². The summed E-state index contributed by atoms with van der Waals surface area (Å²) < 4.78 is 66.2. The Bertz CT molecular complexity index is 745. The summed E-state index contributed by atoms with van der Waals surface area (Å²) in [6, 6.07) is 12.5. The van der Waals surface area contributed by atoms with Crippen LogP contribution in [-0.2, 0) is 10.0 Å². The van der Waals surface area contributed by atoms with Crippen molar-refractivity contribution >= 4 is 15.7 Å². The SMILES string of the molecule is CN(c1ccccc1)S(=O)(=O)c1cccc(OC(F)(F)F)c1. The molecule has 0 bridgehead atoms. The molecule has 2 aromatic carbocycles. The summed E-state index contributed by atoms with van der Waals surface area (Å²) in [5, 5.41) is 0. The molecule has 0 saturated heterocycles. The van der Waals surface area contributed by atoms with Gasteiger partial charge in [0.05, 0.1) is 10.6 Å². The highest BCUT2D eigenvalue weighted by molar-refractivity contribution is 7.92. The second kappa shape index (κ2) is 5.88. The Hall–Kier alpha value is -2.22. The zero-order valence-electron chi connectivity index (χ0n) is 11.4. The van der Waals surface area contributed by atoms with Crippen LogP contribution in [0.2, 0.25) is 0 Å². The molecule has 0 unspecified atom stereocenters. The van der Waals surface area contributed by atoms with Crippen LogP contribution in [-0.4, -0.2) is 21.8 Å². The highest BCUT2D eigenvalue weighted by Crippen LogP contribution is 2.27. The second-order valence-corrected chi connectivity index (χ2v) is 6.30. The smallest absolute Gasteiger partial charge is 0.406 e. The zero-order valence-corrected chi connectivity index (χ0v) is 12.2. The van der Waals surface area contributed by atoms with Crippen LogP contribution in [0.5, 0.6) is 5.75 Å². The molecule has 0 atom stereocenters. The monoisotopic (exact) mass is 331 g/mol. The Morgan fingerprint density at radius 2 is 1.64 bits per heavy atom. The molecule has 0 spiro atoms. The number of sulfonamides is 1. The lowest BCUT2D eigenvalue weighted by molar-refractivity contribution is -0.274. The first-order chi connectivity index (χ1) is 10.2. The van der Waals surface area contributed by atoms with Gasteiger partial charge in [-0.25, -0.2) is 8.42 Å². The number of alkyl halides is 3. The van der Waals surface area contributed by atoms with Gasteiger partial charge in [-0.3, -0.25) is 4.31 Å². The van der Waals surface area contributed by atoms with Crippen LogP contribution in [0, 0.1) is 0 Å². The van der Waals surface area contributed by atoms with Crippen molar-refractivity contribution in [3.63, 3.8) is 0 Å². The van der Waals surface area contributed by atoms with Gasteiger partial charge in [-0.05, 0) is 24.3 Å². The fraction of sp³-hybridized carbons (Fsp3) is 0.143. The van der Waals surface area contributed by atoms with E-state index in [2.05, 4.69) is 4.74 Å². The van der Waals surface area contributed by atoms with Gasteiger partial charge in [-0.1, -0.05) is 24.3 Å². The Morgan fingerprint density at radius 3 is 2.23 bits per heavy atom. The van der Waals surface area contributed by atoms with E-state index in [9.17, 15) is 21.6 Å². The van der Waals surface area contributed by atoms with Crippen LogP contribution in [0.4, 0.5) is 18.9 Å². The number of rotatable bonds is 4. The maximum absolute atomic E-state index is 12.4. The molecule has 0 aliphatic heterocycles. The number of nitrogens with zero attached hydrogens (tertiary/aromatic N) is 1. The molecule has 0 fully saturated rings. The number of halogens is 3. The number of benzene rings is 2. The molecule has 2 rings (SSSR count). The largest absolute Gasteiger partial charge is 0.573 e. The summed E-state index contributed by atoms with van der Waals surface area (Å²) in [6.45, 7) is 0. The number of para-hydroxylation sites is 1. The molecule has 0 aliphatic rings. The van der Waals surface area contributed by atoms with E-state index in [4.69, 9.17) is 0 Å². The molecule has 0 saturated carbocycles. The first-order valence-electron chi connectivity index (χ1n) is 6.10. The van der Waals surface area contributed by atoms with E-state index in [1.807, 2.05) is 0 Å². The molecule has 0 radical (unpaired) electrons. The van der Waals surface area contributed by atoms with E-state index < -0.39 is 22.1 Å². The predicted molar refractivity (Wildman–Crippen MR) is 75.2 cm³/mol. The molecule has 118 valence electrons. The van der Waals surface area contributed by atoms with Crippen LogP contribution in [0.15, 0.2) is 59.5 Å². The molecule has 22 heavy (non-hydrogen) atoms. The van der Waals surface area contributed by atoms with Gasteiger partial charge in [0, 0.05) is 13.1 Å². The van der Waals surface area contributed by atoms with Gasteiger partial charge in [0.2, 0.25) is 0 Å². The topological polar surface area (TPSA) is 46.6 Å². The molecule has 0 aromatic heterocycles. The molecular formula is C14H12F3NO3S. The minimum absolute atomic E-state index is 0.291. The zero-order chi connectivity index (χ0) is 16.4. The van der Waals surface area contributed by atoms with Gasteiger partial charge in [-0.2, -0.15) is 0 Å². The van der Waals surface area contributed by atoms with Crippen molar-refractivity contribution in [2.45, 2.75) is 11.3 Å². The summed E-state index contributed by atoms with van der Waals surface area (Å²) >= 11 is 0. The molecule has 8 heteroatoms. The van der Waals surface area contributed by atoms with Crippen molar-refractivity contribution in [2.24, 2.45) is 0 Å². The van der Waals surface area contributed by atoms with Crippen molar-refractivity contribution in [2.75, 3.05) is 11.4 Å². The Labute approximate surface area is 125 Å². The van der Waals surface area contributed by atoms with Crippen molar-refractivity contribution < 1.29 is 26.3 Å². The van der Waals surface area contributed by atoms with E-state index in [-0.39, 0.29) is 4.90 Å². The fourth-order valence-corrected chi connectivity index (χ4v) is 3.00. The van der Waals surface area contributed by atoms with Gasteiger partial charge in [0.15, 0.2) is 0 Å². The predicted octanol–water partition coefficient (Wildman–Crippen LogP) is 3.41. The van der Waals surface area contributed by atoms with E-state index >= 15 is 0 Å². The lowest BCUT2D eigenvalue weighted by Gasteiger charge is -2.20. The van der Waals surface area contributed by atoms with Crippen molar-refractivity contribution in [3.05, 3.63) is 54.6 Å². The molecule has 0 N–H and O–H groups in total. The van der Waals surface area contributed by atoms with Crippen molar-refractivity contribution in [3.8, 4) is 5.75 Å². The Morgan fingerprint density at radius 1 is 1.00 bits per heavy atom. The van der Waals surface area contributed by atoms with Crippen LogP contribution in [0.1, 0.15) is 0 Å². The van der Waals surface area contributed by atoms with Gasteiger partial charge in [0.25, 0.3) is 10.0 Å². The summed E-state index contributed by atoms with van der Waals surface area (Å²) in [5.74, 6) is -0.588. The number of hydrogen-bond acceptors (Lipinski definition) is 3. The van der Waals surface area contributed by atoms with Crippen molar-refractivity contribution in [1.29, 1.82) is 0 Å². The standard InChI is InChI=1S/C14H12F3NO3S/c1-18(11-6-3-2-4-7-11)22(19,20)13-9-5-8-12(10-13)21-14(15,16)17/h2-10H,1H3. The number of hydrogen-bond donors (Lipinski definition) is 0. The van der Waals surface area contributed by atoms with Gasteiger partial charge in [0.1, 0.15) is 5.75 Å². The third-order valence-corrected chi connectivity index (χ3v) is 4.60. The van der Waals surface area contributed by atoms with Crippen LogP contribution in [0.25, 0.3) is 0 Å². The molecule has 0 aliphatic carbocycles. The van der Waals surface area contributed by atoms with Gasteiger partial charge >= 0.3 is 6.36 Å². The average molecular weight is 331 g/mol. The highest BCUT2D eigenvalue weighted by Gasteiger charge is 2.31. The minimum atomic E-state index is -4.88. The Kier molecular flexibility index (Phi) is 4.32. The highest BCUT2D eigenvalue weighted by atomic mass is 32.2. The van der Waals surface area contributed by atoms with Crippen LogP contribution >= 0.6 is 0 Å². The van der Waals surface area contributed by atoms with Gasteiger partial charge < -0.3 is 4.74 Å². The molecule has 0 amide bonds. The third kappa shape index (κ3) is 3.70. The summed E-state index contributed by atoms with van der Waals surface area (Å²) in [6.07, 6.45) is -4.88. The van der Waals surface area contributed by atoms with Crippen LogP contribution < -0.4 is 9.04 Å². The van der Waals surface area contributed by atoms with E-state index in [1.165, 1.54) is 19.2 Å². The first-order valence-corrected chi connectivity index (χ1v) is 7.54. The lowest BCUT2D eigenvalue weighted by atomic mass is 10.3. The van der Waals surface area contributed by atoms with Crippen LogP contribution in [0.3, 0.4) is 0 Å². The van der Waals surface area contributed by atoms with Gasteiger partial charge in [-0.15, -0.1) is 13.2 Å². The molecular weight excluding hydrogens is 319 g/mol. The molecule has 4 nitrogen and oxygen atoms in total. The summed E-state index contributed by atoms with van der Waals surface area (Å²) in [4.78, 5) is -0.291. The second-order valence-electron chi connectivity index (χ2n) is 4.33. The lowest BCUT2D eigenvalue weighted by Crippen LogP contribution is -2.26. The van der Waals surface area contributed by atoms with E-state index in [0.717, 1.165) is 16.4 Å². The Balaban J connectivity index is 2.36. The third-order valence-electron chi connectivity index (χ3n) is 2.82. The maximum atomic E-state index is 12.4. The molecule has 0 heterocycles. The average Bonchev–Trinajstić information content (AvgIpc) is 2.46. The minimum Gasteiger partial charge on any atom is -0.406 e. The summed E-state index contributed by atoms with van der Waals surface area (Å²) in [7, 11) is -2.66. The van der Waals surface area contributed by atoms with E-state index in [1.54, 1.807) is 30.3 Å².